The van der Waals surface area contributed by atoms with Crippen molar-refractivity contribution in [2.75, 3.05) is 6.54 Å². The van der Waals surface area contributed by atoms with Crippen LogP contribution in [0.4, 0.5) is 0 Å². The van der Waals surface area contributed by atoms with Gasteiger partial charge in [0.05, 0.1) is 12.8 Å². The van der Waals surface area contributed by atoms with Crippen molar-refractivity contribution in [1.82, 2.24) is 15.5 Å². The highest BCUT2D eigenvalue weighted by Gasteiger charge is 2.37. The Bertz CT molecular complexity index is 652. The summed E-state index contributed by atoms with van der Waals surface area (Å²) in [6, 6.07) is 2.40. The van der Waals surface area contributed by atoms with Gasteiger partial charge in [-0.1, -0.05) is 19.3 Å². The zero-order valence-corrected chi connectivity index (χ0v) is 15.9. The van der Waals surface area contributed by atoms with E-state index in [0.29, 0.717) is 18.7 Å². The van der Waals surface area contributed by atoms with Gasteiger partial charge in [0.15, 0.2) is 0 Å². The second-order valence-corrected chi connectivity index (χ2v) is 7.55. The molecule has 2 atom stereocenters. The predicted octanol–water partition coefficient (Wildman–Crippen LogP) is 1.97. The molecule has 2 unspecified atom stereocenters. The van der Waals surface area contributed by atoms with E-state index in [-0.39, 0.29) is 30.2 Å². The maximum Gasteiger partial charge on any atom is 0.243 e. The van der Waals surface area contributed by atoms with E-state index in [9.17, 15) is 14.4 Å². The van der Waals surface area contributed by atoms with Gasteiger partial charge >= 0.3 is 0 Å². The quantitative estimate of drug-likeness (QED) is 0.795. The van der Waals surface area contributed by atoms with Crippen LogP contribution in [0.3, 0.4) is 0 Å². The Labute approximate surface area is 159 Å². The normalized spacial score (nSPS) is 21.7. The van der Waals surface area contributed by atoms with Crippen LogP contribution in [0.2, 0.25) is 0 Å². The van der Waals surface area contributed by atoms with Crippen molar-refractivity contribution in [3.8, 4) is 0 Å². The molecule has 7 heteroatoms. The van der Waals surface area contributed by atoms with Gasteiger partial charge < -0.3 is 20.0 Å². The van der Waals surface area contributed by atoms with E-state index in [2.05, 4.69) is 10.6 Å². The van der Waals surface area contributed by atoms with Crippen molar-refractivity contribution < 1.29 is 18.8 Å². The standard InChI is InChI=1S/C20H29N3O4/c1-14(18(24)21-13-16-9-6-12-27-16)22-19(25)17-10-5-11-23(17)20(26)15-7-3-2-4-8-15/h6,9,12,14-15,17H,2-5,7-8,10-11,13H2,1H3,(H,21,24)(H,22,25). The van der Waals surface area contributed by atoms with Gasteiger partial charge in [0.25, 0.3) is 0 Å². The Hall–Kier alpha value is -2.31. The summed E-state index contributed by atoms with van der Waals surface area (Å²) in [6.07, 6.45) is 8.26. The molecule has 7 nitrogen and oxygen atoms in total. The number of carbonyl (C=O) groups excluding carboxylic acids is 3. The molecule has 0 radical (unpaired) electrons. The molecule has 1 aliphatic heterocycles. The van der Waals surface area contributed by atoms with Gasteiger partial charge in [0.2, 0.25) is 17.7 Å². The van der Waals surface area contributed by atoms with E-state index < -0.39 is 12.1 Å². The highest BCUT2D eigenvalue weighted by atomic mass is 16.3. The van der Waals surface area contributed by atoms with Crippen LogP contribution in [0.5, 0.6) is 0 Å². The molecular formula is C20H29N3O4. The number of hydrogen-bond acceptors (Lipinski definition) is 4. The average molecular weight is 375 g/mol. The van der Waals surface area contributed by atoms with Crippen molar-refractivity contribution in [3.05, 3.63) is 24.2 Å². The summed E-state index contributed by atoms with van der Waals surface area (Å²) in [6.45, 7) is 2.56. The average Bonchev–Trinajstić information content (AvgIpc) is 3.37. The van der Waals surface area contributed by atoms with Gasteiger partial charge in [-0.15, -0.1) is 0 Å². The largest absolute Gasteiger partial charge is 0.467 e. The number of nitrogens with zero attached hydrogens (tertiary/aromatic N) is 1. The summed E-state index contributed by atoms with van der Waals surface area (Å²) in [5, 5.41) is 5.50. The van der Waals surface area contributed by atoms with E-state index in [1.165, 1.54) is 6.42 Å². The molecule has 0 bridgehead atoms. The van der Waals surface area contributed by atoms with E-state index in [1.807, 2.05) is 0 Å². The Kier molecular flexibility index (Phi) is 6.53. The highest BCUT2D eigenvalue weighted by molar-refractivity contribution is 5.92. The van der Waals surface area contributed by atoms with Crippen LogP contribution in [0.25, 0.3) is 0 Å². The molecule has 0 spiro atoms. The minimum atomic E-state index is -0.667. The lowest BCUT2D eigenvalue weighted by Crippen LogP contribution is -2.52. The van der Waals surface area contributed by atoms with Crippen LogP contribution in [0.15, 0.2) is 22.8 Å². The molecule has 3 rings (SSSR count). The molecule has 2 aliphatic rings. The van der Waals surface area contributed by atoms with Crippen molar-refractivity contribution in [2.24, 2.45) is 5.92 Å². The van der Waals surface area contributed by atoms with Crippen LogP contribution in [0.1, 0.15) is 57.6 Å². The van der Waals surface area contributed by atoms with Crippen molar-refractivity contribution in [1.29, 1.82) is 0 Å². The molecule has 1 saturated carbocycles. The number of nitrogens with one attached hydrogen (secondary N) is 2. The molecule has 1 aliphatic carbocycles. The second-order valence-electron chi connectivity index (χ2n) is 7.55. The smallest absolute Gasteiger partial charge is 0.243 e. The molecule has 27 heavy (non-hydrogen) atoms. The SMILES string of the molecule is CC(NC(=O)C1CCCN1C(=O)C1CCCCC1)C(=O)NCc1ccco1. The molecule has 2 fully saturated rings. The van der Waals surface area contributed by atoms with E-state index >= 15 is 0 Å². The molecule has 2 N–H and O–H groups in total. The maximum absolute atomic E-state index is 12.8. The molecule has 3 amide bonds. The molecule has 0 aromatic carbocycles. The molecule has 148 valence electrons. The number of carbonyl (C=O) groups is 3. The van der Waals surface area contributed by atoms with Crippen molar-refractivity contribution >= 4 is 17.7 Å². The van der Waals surface area contributed by atoms with Crippen LogP contribution in [-0.4, -0.2) is 41.2 Å². The number of amides is 3. The van der Waals surface area contributed by atoms with Crippen LogP contribution in [-0.2, 0) is 20.9 Å². The summed E-state index contributed by atoms with van der Waals surface area (Å²) >= 11 is 0. The second kappa shape index (κ2) is 9.06. The van der Waals surface area contributed by atoms with Gasteiger partial charge in [0, 0.05) is 12.5 Å². The summed E-state index contributed by atoms with van der Waals surface area (Å²) in [4.78, 5) is 39.5. The lowest BCUT2D eigenvalue weighted by atomic mass is 9.88. The summed E-state index contributed by atoms with van der Waals surface area (Å²) < 4.78 is 5.18. The van der Waals surface area contributed by atoms with Crippen LogP contribution >= 0.6 is 0 Å². The number of hydrogen-bond donors (Lipinski definition) is 2. The molecular weight excluding hydrogens is 346 g/mol. The summed E-state index contributed by atoms with van der Waals surface area (Å²) in [7, 11) is 0. The zero-order chi connectivity index (χ0) is 19.2. The van der Waals surface area contributed by atoms with E-state index in [0.717, 1.165) is 32.1 Å². The first-order valence-electron chi connectivity index (χ1n) is 9.97. The molecule has 1 aromatic rings. The minimum Gasteiger partial charge on any atom is -0.467 e. The lowest BCUT2D eigenvalue weighted by molar-refractivity contribution is -0.143. The maximum atomic E-state index is 12.8. The van der Waals surface area contributed by atoms with Gasteiger partial charge in [-0.25, -0.2) is 0 Å². The number of rotatable bonds is 6. The van der Waals surface area contributed by atoms with Gasteiger partial charge in [-0.2, -0.15) is 0 Å². The van der Waals surface area contributed by atoms with Crippen molar-refractivity contribution in [3.63, 3.8) is 0 Å². The third-order valence-electron chi connectivity index (χ3n) is 5.56. The Morgan fingerprint density at radius 3 is 2.67 bits per heavy atom. The van der Waals surface area contributed by atoms with Gasteiger partial charge in [-0.3, -0.25) is 14.4 Å². The fraction of sp³-hybridized carbons (Fsp3) is 0.650. The molecule has 2 heterocycles. The lowest BCUT2D eigenvalue weighted by Gasteiger charge is -2.30. The molecule has 1 saturated heterocycles. The van der Waals surface area contributed by atoms with Crippen molar-refractivity contribution in [2.45, 2.75) is 70.5 Å². The Morgan fingerprint density at radius 1 is 1.19 bits per heavy atom. The summed E-state index contributed by atoms with van der Waals surface area (Å²) in [5.74, 6) is 0.311. The first-order valence-corrected chi connectivity index (χ1v) is 9.97. The fourth-order valence-electron chi connectivity index (χ4n) is 4.00. The van der Waals surface area contributed by atoms with Gasteiger partial charge in [0.1, 0.15) is 17.8 Å². The minimum absolute atomic E-state index is 0.0566. The Morgan fingerprint density at radius 2 is 1.96 bits per heavy atom. The fourth-order valence-corrected chi connectivity index (χ4v) is 4.00. The predicted molar refractivity (Wildman–Crippen MR) is 99.5 cm³/mol. The van der Waals surface area contributed by atoms with Crippen LogP contribution in [0, 0.1) is 5.92 Å². The first-order chi connectivity index (χ1) is 13.1. The van der Waals surface area contributed by atoms with Crippen LogP contribution < -0.4 is 10.6 Å². The third kappa shape index (κ3) is 4.90. The zero-order valence-electron chi connectivity index (χ0n) is 15.9. The topological polar surface area (TPSA) is 91.7 Å². The number of furan rings is 1. The molecule has 1 aromatic heterocycles. The van der Waals surface area contributed by atoms with E-state index in [1.54, 1.807) is 30.2 Å². The Balaban J connectivity index is 1.51. The number of likely N-dealkylation sites (tertiary alicyclic amines) is 1. The third-order valence-corrected chi connectivity index (χ3v) is 5.56. The summed E-state index contributed by atoms with van der Waals surface area (Å²) in [5.41, 5.74) is 0. The first kappa shape index (κ1) is 19.5. The monoisotopic (exact) mass is 375 g/mol. The highest BCUT2D eigenvalue weighted by Crippen LogP contribution is 2.28. The van der Waals surface area contributed by atoms with Gasteiger partial charge in [-0.05, 0) is 44.7 Å². The van der Waals surface area contributed by atoms with E-state index in [4.69, 9.17) is 4.42 Å².